The fraction of sp³-hybridized carbons (Fsp3) is 0.222. The minimum atomic E-state index is -2.99. The summed E-state index contributed by atoms with van der Waals surface area (Å²) in [5.41, 5.74) is 1.71. The van der Waals surface area contributed by atoms with Gasteiger partial charge in [0.05, 0.1) is 11.3 Å². The molecule has 2 heterocycles. The van der Waals surface area contributed by atoms with Crippen LogP contribution in [0.5, 0.6) is 5.75 Å². The van der Waals surface area contributed by atoms with E-state index in [-0.39, 0.29) is 22.8 Å². The van der Waals surface area contributed by atoms with Crippen molar-refractivity contribution < 1.29 is 18.3 Å². The van der Waals surface area contributed by atoms with Gasteiger partial charge < -0.3 is 9.30 Å². The van der Waals surface area contributed by atoms with Crippen LogP contribution in [0, 0.1) is 6.92 Å². The number of ketones is 1. The minimum absolute atomic E-state index is 0.0159. The van der Waals surface area contributed by atoms with E-state index in [2.05, 4.69) is 19.9 Å². The molecule has 0 aliphatic carbocycles. The van der Waals surface area contributed by atoms with E-state index in [1.807, 2.05) is 6.07 Å². The van der Waals surface area contributed by atoms with Gasteiger partial charge in [0.25, 0.3) is 0 Å². The highest BCUT2D eigenvalue weighted by molar-refractivity contribution is 7.99. The van der Waals surface area contributed by atoms with Gasteiger partial charge >= 0.3 is 6.61 Å². The Morgan fingerprint density at radius 3 is 2.81 bits per heavy atom. The summed E-state index contributed by atoms with van der Waals surface area (Å²) in [7, 11) is 1.78. The van der Waals surface area contributed by atoms with Crippen molar-refractivity contribution in [3.63, 3.8) is 0 Å². The Hall–Kier alpha value is -2.81. The van der Waals surface area contributed by atoms with Gasteiger partial charge in [0.1, 0.15) is 5.75 Å². The van der Waals surface area contributed by atoms with Gasteiger partial charge in [-0.1, -0.05) is 23.4 Å². The fourth-order valence-electron chi connectivity index (χ4n) is 2.46. The first kappa shape index (κ1) is 19.0. The summed E-state index contributed by atoms with van der Waals surface area (Å²) < 4.78 is 31.3. The number of alkyl halides is 2. The Morgan fingerprint density at radius 1 is 1.30 bits per heavy atom. The maximum Gasteiger partial charge on any atom is 0.387 e. The lowest BCUT2D eigenvalue weighted by Crippen LogP contribution is -2.10. The number of aryl methyl sites for hydroxylation is 1. The van der Waals surface area contributed by atoms with Crippen molar-refractivity contribution in [2.45, 2.75) is 18.7 Å². The van der Waals surface area contributed by atoms with Crippen LogP contribution in [0.1, 0.15) is 15.9 Å². The number of benzene rings is 1. The number of nitrogens with zero attached hydrogens (tertiary/aromatic N) is 4. The maximum atomic E-state index is 12.6. The zero-order valence-corrected chi connectivity index (χ0v) is 15.4. The number of ether oxygens (including phenoxy) is 1. The molecule has 0 N–H and O–H groups in total. The lowest BCUT2D eigenvalue weighted by atomic mass is 10.1. The zero-order valence-electron chi connectivity index (χ0n) is 14.6. The average Bonchev–Trinajstić information content (AvgIpc) is 3.02. The molecule has 0 aliphatic rings. The van der Waals surface area contributed by atoms with Gasteiger partial charge in [-0.15, -0.1) is 10.2 Å². The van der Waals surface area contributed by atoms with Crippen LogP contribution in [-0.4, -0.2) is 37.9 Å². The summed E-state index contributed by atoms with van der Waals surface area (Å²) in [4.78, 5) is 16.6. The molecular weight excluding hydrogens is 374 g/mol. The van der Waals surface area contributed by atoms with Gasteiger partial charge in [-0.3, -0.25) is 9.78 Å². The van der Waals surface area contributed by atoms with Crippen LogP contribution in [-0.2, 0) is 7.05 Å². The van der Waals surface area contributed by atoms with Crippen LogP contribution in [0.2, 0.25) is 0 Å². The van der Waals surface area contributed by atoms with E-state index >= 15 is 0 Å². The van der Waals surface area contributed by atoms with E-state index in [1.54, 1.807) is 49.1 Å². The molecule has 0 atom stereocenters. The zero-order chi connectivity index (χ0) is 19.4. The van der Waals surface area contributed by atoms with Crippen LogP contribution in [0.3, 0.4) is 0 Å². The lowest BCUT2D eigenvalue weighted by molar-refractivity contribution is -0.0501. The molecule has 0 unspecified atom stereocenters. The predicted molar refractivity (Wildman–Crippen MR) is 97.1 cm³/mol. The van der Waals surface area contributed by atoms with E-state index in [4.69, 9.17) is 0 Å². The van der Waals surface area contributed by atoms with Gasteiger partial charge in [-0.05, 0) is 31.2 Å². The third-order valence-electron chi connectivity index (χ3n) is 3.74. The number of aromatic nitrogens is 4. The van der Waals surface area contributed by atoms with Gasteiger partial charge in [-0.25, -0.2) is 0 Å². The highest BCUT2D eigenvalue weighted by atomic mass is 32.2. The van der Waals surface area contributed by atoms with Crippen molar-refractivity contribution in [2.75, 3.05) is 5.75 Å². The summed E-state index contributed by atoms with van der Waals surface area (Å²) >= 11 is 1.18. The number of rotatable bonds is 7. The molecule has 0 fully saturated rings. The van der Waals surface area contributed by atoms with E-state index in [1.165, 1.54) is 17.8 Å². The van der Waals surface area contributed by atoms with E-state index in [9.17, 15) is 13.6 Å². The molecule has 0 saturated heterocycles. The maximum absolute atomic E-state index is 12.6. The molecule has 6 nitrogen and oxygen atoms in total. The van der Waals surface area contributed by atoms with Crippen LogP contribution in [0.15, 0.2) is 47.9 Å². The summed E-state index contributed by atoms with van der Waals surface area (Å²) in [6.45, 7) is -1.22. The molecule has 1 aromatic carbocycles. The molecule has 3 aromatic rings. The quantitative estimate of drug-likeness (QED) is 0.452. The van der Waals surface area contributed by atoms with Crippen LogP contribution >= 0.6 is 11.8 Å². The molecule has 0 bridgehead atoms. The number of thioether (sulfide) groups is 1. The van der Waals surface area contributed by atoms with Crippen LogP contribution in [0.25, 0.3) is 11.4 Å². The molecule has 0 amide bonds. The topological polar surface area (TPSA) is 69.9 Å². The van der Waals surface area contributed by atoms with Gasteiger partial charge in [0, 0.05) is 25.0 Å². The second-order valence-electron chi connectivity index (χ2n) is 5.70. The van der Waals surface area contributed by atoms with Crippen molar-refractivity contribution in [3.8, 4) is 17.1 Å². The summed E-state index contributed by atoms with van der Waals surface area (Å²) in [6, 6.07) is 8.19. The van der Waals surface area contributed by atoms with Crippen LogP contribution < -0.4 is 4.74 Å². The highest BCUT2D eigenvalue weighted by Gasteiger charge is 2.18. The standard InChI is InChI=1S/C18H16F2N4O2S/c1-11-5-6-15(26-17(19)20)13(8-11)14(25)10-27-18-23-22-16(24(18)2)12-4-3-7-21-9-12/h3-9,17H,10H2,1-2H3. The molecule has 27 heavy (non-hydrogen) atoms. The lowest BCUT2D eigenvalue weighted by Gasteiger charge is -2.10. The Kier molecular flexibility index (Phi) is 5.80. The number of carbonyl (C=O) groups excluding carboxylic acids is 1. The summed E-state index contributed by atoms with van der Waals surface area (Å²) in [5.74, 6) is 0.179. The SMILES string of the molecule is Cc1ccc(OC(F)F)c(C(=O)CSc2nnc(-c3cccnc3)n2C)c1. The summed E-state index contributed by atoms with van der Waals surface area (Å²) in [6.07, 6.45) is 3.33. The second-order valence-corrected chi connectivity index (χ2v) is 6.64. The van der Waals surface area contributed by atoms with Gasteiger partial charge in [-0.2, -0.15) is 8.78 Å². The molecule has 0 radical (unpaired) electrons. The number of hydrogen-bond donors (Lipinski definition) is 0. The first-order chi connectivity index (χ1) is 13.0. The number of Topliss-reactive ketones (excluding diaryl/α,β-unsaturated/α-hetero) is 1. The fourth-order valence-corrected chi connectivity index (χ4v) is 3.25. The Morgan fingerprint density at radius 2 is 2.11 bits per heavy atom. The van der Waals surface area contributed by atoms with Crippen LogP contribution in [0.4, 0.5) is 8.78 Å². The van der Waals surface area contributed by atoms with Crippen molar-refractivity contribution in [2.24, 2.45) is 7.05 Å². The first-order valence-corrected chi connectivity index (χ1v) is 8.95. The molecule has 0 aliphatic heterocycles. The highest BCUT2D eigenvalue weighted by Crippen LogP contribution is 2.26. The Bertz CT molecular complexity index is 948. The molecule has 3 rings (SSSR count). The molecule has 9 heteroatoms. The van der Waals surface area contributed by atoms with E-state index < -0.39 is 6.61 Å². The number of pyridine rings is 1. The van der Waals surface area contributed by atoms with Crippen molar-refractivity contribution in [1.82, 2.24) is 19.7 Å². The van der Waals surface area contributed by atoms with Crippen molar-refractivity contribution in [3.05, 3.63) is 53.9 Å². The van der Waals surface area contributed by atoms with Crippen molar-refractivity contribution >= 4 is 17.5 Å². The van der Waals surface area contributed by atoms with E-state index in [0.717, 1.165) is 11.1 Å². The third kappa shape index (κ3) is 4.48. The Balaban J connectivity index is 1.75. The minimum Gasteiger partial charge on any atom is -0.434 e. The second kappa shape index (κ2) is 8.26. The largest absolute Gasteiger partial charge is 0.434 e. The Labute approximate surface area is 158 Å². The molecule has 140 valence electrons. The normalized spacial score (nSPS) is 11.0. The first-order valence-electron chi connectivity index (χ1n) is 7.97. The molecule has 2 aromatic heterocycles. The molecule has 0 saturated carbocycles. The third-order valence-corrected chi connectivity index (χ3v) is 4.76. The average molecular weight is 390 g/mol. The monoisotopic (exact) mass is 390 g/mol. The number of hydrogen-bond acceptors (Lipinski definition) is 6. The number of carbonyl (C=O) groups is 1. The smallest absolute Gasteiger partial charge is 0.387 e. The molecular formula is C18H16F2N4O2S. The summed E-state index contributed by atoms with van der Waals surface area (Å²) in [5, 5.41) is 8.75. The van der Waals surface area contributed by atoms with Gasteiger partial charge in [0.2, 0.25) is 0 Å². The predicted octanol–water partition coefficient (Wildman–Crippen LogP) is 3.76. The number of halogens is 2. The molecule has 0 spiro atoms. The van der Waals surface area contributed by atoms with Crippen molar-refractivity contribution in [1.29, 1.82) is 0 Å². The van der Waals surface area contributed by atoms with Gasteiger partial charge in [0.15, 0.2) is 16.8 Å². The van der Waals surface area contributed by atoms with E-state index in [0.29, 0.717) is 11.0 Å².